The third-order valence-corrected chi connectivity index (χ3v) is 6.64. The normalized spacial score (nSPS) is 18.0. The van der Waals surface area contributed by atoms with Gasteiger partial charge in [0.1, 0.15) is 11.6 Å². The molecule has 1 atom stereocenters. The molecule has 0 bridgehead atoms. The molecule has 1 aromatic carbocycles. The van der Waals surface area contributed by atoms with Crippen LogP contribution >= 0.6 is 0 Å². The first-order chi connectivity index (χ1) is 18.6. The van der Waals surface area contributed by atoms with Crippen LogP contribution < -0.4 is 20.1 Å². The van der Waals surface area contributed by atoms with Gasteiger partial charge < -0.3 is 24.8 Å². The number of esters is 1. The van der Waals surface area contributed by atoms with Crippen LogP contribution in [0, 0.1) is 11.7 Å². The van der Waals surface area contributed by atoms with Gasteiger partial charge in [-0.05, 0) is 64.5 Å². The van der Waals surface area contributed by atoms with Crippen molar-refractivity contribution in [3.63, 3.8) is 0 Å². The van der Waals surface area contributed by atoms with Crippen LogP contribution in [0.2, 0.25) is 0 Å². The second kappa shape index (κ2) is 12.4. The summed E-state index contributed by atoms with van der Waals surface area (Å²) in [7, 11) is 1.39. The summed E-state index contributed by atoms with van der Waals surface area (Å²) in [5.41, 5.74) is -0.315. The summed E-state index contributed by atoms with van der Waals surface area (Å²) in [6.45, 7) is 6.36. The first kappa shape index (κ1) is 28.3. The van der Waals surface area contributed by atoms with Gasteiger partial charge in [-0.2, -0.15) is 15.0 Å². The highest BCUT2D eigenvalue weighted by Crippen LogP contribution is 2.27. The molecule has 1 amide bonds. The second-order valence-corrected chi connectivity index (χ2v) is 10.9. The lowest BCUT2D eigenvalue weighted by molar-refractivity contribution is -0.139. The number of carbonyl (C=O) groups is 2. The molecule has 1 unspecified atom stereocenters. The fraction of sp³-hybridized carbons (Fsp3) is 0.593. The molecule has 2 aromatic rings. The number of likely N-dealkylation sites (tertiary alicyclic amines) is 1. The summed E-state index contributed by atoms with van der Waals surface area (Å²) in [5.74, 6) is -0.322. The number of hydrogen-bond donors (Lipinski definition) is 2. The first-order valence-electron chi connectivity index (χ1n) is 13.4. The number of hydrogen-bond acceptors (Lipinski definition) is 10. The van der Waals surface area contributed by atoms with Crippen LogP contribution in [0.1, 0.15) is 65.7 Å². The molecule has 0 radical (unpaired) electrons. The van der Waals surface area contributed by atoms with Gasteiger partial charge >= 0.3 is 18.1 Å². The van der Waals surface area contributed by atoms with Crippen LogP contribution in [0.4, 0.5) is 26.8 Å². The maximum absolute atomic E-state index is 14.2. The molecular formula is C27H37FN6O5. The number of benzene rings is 1. The van der Waals surface area contributed by atoms with Gasteiger partial charge in [-0.1, -0.05) is 19.3 Å². The fourth-order valence-corrected chi connectivity index (χ4v) is 4.75. The number of nitrogens with one attached hydrogen (secondary N) is 2. The molecule has 1 aliphatic carbocycles. The van der Waals surface area contributed by atoms with Crippen molar-refractivity contribution in [1.29, 1.82) is 0 Å². The molecule has 1 saturated heterocycles. The quantitative estimate of drug-likeness (QED) is 0.435. The highest BCUT2D eigenvalue weighted by atomic mass is 19.1. The van der Waals surface area contributed by atoms with E-state index in [1.165, 1.54) is 43.4 Å². The molecule has 0 spiro atoms. The lowest BCUT2D eigenvalue weighted by atomic mass is 9.89. The van der Waals surface area contributed by atoms with Crippen molar-refractivity contribution >= 4 is 29.6 Å². The molecular weight excluding hydrogens is 507 g/mol. The van der Waals surface area contributed by atoms with E-state index in [0.29, 0.717) is 37.5 Å². The predicted octanol–water partition coefficient (Wildman–Crippen LogP) is 5.06. The van der Waals surface area contributed by atoms with Crippen LogP contribution in [0.25, 0.3) is 0 Å². The van der Waals surface area contributed by atoms with E-state index in [1.807, 2.05) is 0 Å². The highest BCUT2D eigenvalue weighted by Gasteiger charge is 2.38. The first-order valence-corrected chi connectivity index (χ1v) is 13.4. The Morgan fingerprint density at radius 2 is 1.79 bits per heavy atom. The number of amides is 1. The van der Waals surface area contributed by atoms with Gasteiger partial charge in [0.25, 0.3) is 0 Å². The molecule has 1 aliphatic heterocycles. The van der Waals surface area contributed by atoms with Crippen molar-refractivity contribution in [2.75, 3.05) is 30.8 Å². The second-order valence-electron chi connectivity index (χ2n) is 10.9. The summed E-state index contributed by atoms with van der Waals surface area (Å²) in [4.78, 5) is 40.1. The monoisotopic (exact) mass is 544 g/mol. The van der Waals surface area contributed by atoms with Crippen molar-refractivity contribution in [3.05, 3.63) is 24.0 Å². The lowest BCUT2D eigenvalue weighted by Crippen LogP contribution is -2.45. The van der Waals surface area contributed by atoms with Crippen LogP contribution in [0.15, 0.2) is 18.2 Å². The highest BCUT2D eigenvalue weighted by molar-refractivity contribution is 5.83. The number of carbonyl (C=O) groups excluding carboxylic acids is 2. The van der Waals surface area contributed by atoms with Crippen LogP contribution in [-0.4, -0.2) is 63.8 Å². The minimum Gasteiger partial charge on any atom is -0.494 e. The van der Waals surface area contributed by atoms with Gasteiger partial charge in [0, 0.05) is 24.8 Å². The number of aromatic nitrogens is 3. The van der Waals surface area contributed by atoms with Crippen LogP contribution in [0.5, 0.6) is 11.8 Å². The summed E-state index contributed by atoms with van der Waals surface area (Å²) in [6.07, 6.45) is 6.38. The molecule has 1 saturated carbocycles. The van der Waals surface area contributed by atoms with E-state index in [0.717, 1.165) is 12.8 Å². The van der Waals surface area contributed by atoms with Gasteiger partial charge in [-0.3, -0.25) is 4.90 Å². The van der Waals surface area contributed by atoms with Gasteiger partial charge in [0.15, 0.2) is 11.6 Å². The molecule has 2 N–H and O–H groups in total. The Bertz CT molecular complexity index is 1170. The van der Waals surface area contributed by atoms with Crippen LogP contribution in [0.3, 0.4) is 0 Å². The van der Waals surface area contributed by atoms with Crippen molar-refractivity contribution in [1.82, 2.24) is 19.9 Å². The summed E-state index contributed by atoms with van der Waals surface area (Å²) in [5, 5.41) is 6.17. The Kier molecular flexibility index (Phi) is 9.03. The topological polar surface area (TPSA) is 128 Å². The van der Waals surface area contributed by atoms with E-state index in [4.69, 9.17) is 14.2 Å². The summed E-state index contributed by atoms with van der Waals surface area (Å²) >= 11 is 0. The van der Waals surface area contributed by atoms with E-state index in [2.05, 4.69) is 25.6 Å². The minimum atomic E-state index is -0.817. The van der Waals surface area contributed by atoms with E-state index >= 15 is 0 Å². The Balaban J connectivity index is 1.52. The molecule has 39 heavy (non-hydrogen) atoms. The Morgan fingerprint density at radius 1 is 1.05 bits per heavy atom. The van der Waals surface area contributed by atoms with Gasteiger partial charge in [-0.15, -0.1) is 0 Å². The summed E-state index contributed by atoms with van der Waals surface area (Å²) < 4.78 is 30.2. The number of nitrogens with zero attached hydrogens (tertiary/aromatic N) is 4. The van der Waals surface area contributed by atoms with Crippen LogP contribution in [-0.2, 0) is 9.53 Å². The third kappa shape index (κ3) is 7.90. The smallest absolute Gasteiger partial charge is 0.411 e. The zero-order valence-electron chi connectivity index (χ0n) is 23.0. The maximum atomic E-state index is 14.2. The molecule has 2 aliphatic rings. The SMILES string of the molecule is COc1ccc(Nc2nc(NCC3CCCCC3)nc(OC(=O)C3CCCN3C(=O)OC(C)(C)C)n2)cc1F. The Hall–Kier alpha value is -3.70. The number of ether oxygens (including phenoxy) is 3. The standard InChI is InChI=1S/C27H37FN6O5/c1-27(2,3)39-26(36)34-14-8-11-20(34)22(35)38-25-32-23(29-16-17-9-6-5-7-10-17)31-24(33-25)30-18-12-13-21(37-4)19(28)15-18/h12-13,15,17,20H,5-11,14,16H2,1-4H3,(H2,29,30,31,32,33). The largest absolute Gasteiger partial charge is 0.494 e. The fourth-order valence-electron chi connectivity index (χ4n) is 4.75. The number of methoxy groups -OCH3 is 1. The van der Waals surface area contributed by atoms with Crippen molar-refractivity contribution < 1.29 is 28.2 Å². The molecule has 4 rings (SSSR count). The van der Waals surface area contributed by atoms with Gasteiger partial charge in [-0.25, -0.2) is 14.0 Å². The molecule has 1 aromatic heterocycles. The zero-order chi connectivity index (χ0) is 28.0. The Morgan fingerprint density at radius 3 is 2.49 bits per heavy atom. The molecule has 11 nitrogen and oxygen atoms in total. The molecule has 2 fully saturated rings. The van der Waals surface area contributed by atoms with Crippen molar-refractivity contribution in [2.45, 2.75) is 77.4 Å². The third-order valence-electron chi connectivity index (χ3n) is 6.64. The number of halogens is 1. The summed E-state index contributed by atoms with van der Waals surface area (Å²) in [6, 6.07) is 3.30. The Labute approximate surface area is 227 Å². The van der Waals surface area contributed by atoms with E-state index < -0.39 is 29.5 Å². The van der Waals surface area contributed by atoms with E-state index in [9.17, 15) is 14.0 Å². The van der Waals surface area contributed by atoms with Crippen molar-refractivity contribution in [2.24, 2.45) is 5.92 Å². The number of rotatable bonds is 8. The molecule has 212 valence electrons. The number of anilines is 3. The van der Waals surface area contributed by atoms with E-state index in [-0.39, 0.29) is 23.7 Å². The lowest BCUT2D eigenvalue weighted by Gasteiger charge is -2.27. The zero-order valence-corrected chi connectivity index (χ0v) is 23.0. The minimum absolute atomic E-state index is 0.0685. The average molecular weight is 545 g/mol. The van der Waals surface area contributed by atoms with Gasteiger partial charge in [0.05, 0.1) is 7.11 Å². The van der Waals surface area contributed by atoms with E-state index in [1.54, 1.807) is 26.8 Å². The van der Waals surface area contributed by atoms with Crippen molar-refractivity contribution in [3.8, 4) is 11.8 Å². The van der Waals surface area contributed by atoms with Gasteiger partial charge in [0.2, 0.25) is 11.9 Å². The molecule has 12 heteroatoms. The molecule has 2 heterocycles. The average Bonchev–Trinajstić information content (AvgIpc) is 3.38. The maximum Gasteiger partial charge on any atom is 0.411 e. The predicted molar refractivity (Wildman–Crippen MR) is 143 cm³/mol.